The van der Waals surface area contributed by atoms with Crippen LogP contribution >= 0.6 is 20.1 Å². The minimum absolute atomic E-state index is 0.361. The van der Waals surface area contributed by atoms with Crippen LogP contribution in [-0.4, -0.2) is 42.1 Å². The summed E-state index contributed by atoms with van der Waals surface area (Å²) >= 11 is 0. The highest BCUT2D eigenvalue weighted by molar-refractivity contribution is 8.47. The van der Waals surface area contributed by atoms with E-state index in [1.54, 1.807) is 0 Å². The summed E-state index contributed by atoms with van der Waals surface area (Å²) in [5.41, 5.74) is 2.38. The van der Waals surface area contributed by atoms with Crippen molar-refractivity contribution in [3.8, 4) is 0 Å². The second-order valence-electron chi connectivity index (χ2n) is 7.52. The van der Waals surface area contributed by atoms with Gasteiger partial charge in [0.1, 0.15) is 0 Å². The maximum Gasteiger partial charge on any atom is 0.00658 e. The first kappa shape index (κ1) is 19.2. The van der Waals surface area contributed by atoms with Gasteiger partial charge in [0.05, 0.1) is 0 Å². The summed E-state index contributed by atoms with van der Waals surface area (Å²) in [6.07, 6.45) is 16.1. The summed E-state index contributed by atoms with van der Waals surface area (Å²) < 4.78 is 0. The first-order valence-corrected chi connectivity index (χ1v) is 12.9. The molecule has 0 bridgehead atoms. The molecule has 0 saturated heterocycles. The third-order valence-electron chi connectivity index (χ3n) is 3.19. The van der Waals surface area contributed by atoms with Crippen LogP contribution in [0.25, 0.3) is 0 Å². The van der Waals surface area contributed by atoms with Gasteiger partial charge in [0.25, 0.3) is 0 Å². The van der Waals surface area contributed by atoms with Gasteiger partial charge < -0.3 is 0 Å². The molecular formula is C17H36S2. The van der Waals surface area contributed by atoms with Crippen molar-refractivity contribution in [2.45, 2.75) is 33.1 Å². The van der Waals surface area contributed by atoms with Crippen molar-refractivity contribution >= 4 is 20.1 Å². The van der Waals surface area contributed by atoms with Gasteiger partial charge in [-0.15, -0.1) is 0 Å². The Labute approximate surface area is 125 Å². The average Bonchev–Trinajstić information content (AvgIpc) is 2.11. The molecule has 0 rings (SSSR count). The normalized spacial score (nSPS) is 15.9. The minimum atomic E-state index is -0.408. The Balaban J connectivity index is 4.07. The molecule has 0 heterocycles. The molecule has 19 heavy (non-hydrogen) atoms. The Morgan fingerprint density at radius 2 is 1.58 bits per heavy atom. The zero-order valence-corrected chi connectivity index (χ0v) is 16.0. The summed E-state index contributed by atoms with van der Waals surface area (Å²) in [5, 5.41) is 1.46. The first-order valence-electron chi connectivity index (χ1n) is 7.11. The highest BCUT2D eigenvalue weighted by atomic mass is 32.3. The number of hydrogen-bond acceptors (Lipinski definition) is 0. The van der Waals surface area contributed by atoms with Crippen molar-refractivity contribution in [2.75, 3.05) is 42.1 Å². The Hall–Kier alpha value is 0.180. The van der Waals surface area contributed by atoms with Crippen molar-refractivity contribution < 1.29 is 0 Å². The van der Waals surface area contributed by atoms with Gasteiger partial charge >= 0.3 is 0 Å². The molecule has 0 aliphatic carbocycles. The zero-order chi connectivity index (χ0) is 15.3. The predicted octanol–water partition coefficient (Wildman–Crippen LogP) is 5.64. The van der Waals surface area contributed by atoms with Crippen molar-refractivity contribution in [2.24, 2.45) is 5.92 Å². The van der Waals surface area contributed by atoms with Gasteiger partial charge in [0.2, 0.25) is 0 Å². The fourth-order valence-corrected chi connectivity index (χ4v) is 12.5. The van der Waals surface area contributed by atoms with E-state index >= 15 is 0 Å². The molecule has 0 aliphatic rings. The third-order valence-corrected chi connectivity index (χ3v) is 10.0. The molecular weight excluding hydrogens is 268 g/mol. The monoisotopic (exact) mass is 304 g/mol. The largest absolute Gasteiger partial charge is 0.242 e. The third kappa shape index (κ3) is 10.6. The van der Waals surface area contributed by atoms with Crippen LogP contribution in [-0.2, 0) is 0 Å². The Morgan fingerprint density at radius 3 is 2.00 bits per heavy atom. The summed E-state index contributed by atoms with van der Waals surface area (Å²) in [7, 11) is -0.770. The summed E-state index contributed by atoms with van der Waals surface area (Å²) in [6.45, 7) is 12.5. The first-order chi connectivity index (χ1) is 8.43. The molecule has 0 N–H and O–H groups in total. The van der Waals surface area contributed by atoms with Crippen molar-refractivity contribution in [1.82, 2.24) is 0 Å². The van der Waals surface area contributed by atoms with E-state index in [1.807, 2.05) is 0 Å². The van der Waals surface area contributed by atoms with Crippen molar-refractivity contribution in [3.05, 3.63) is 24.3 Å². The van der Waals surface area contributed by atoms with E-state index in [9.17, 15) is 0 Å². The Bertz CT molecular complexity index is 308. The average molecular weight is 305 g/mol. The standard InChI is InChI=1S/C17H36S2/c1-15(2)17(4)12-10-11-16(3)13-19(8,9)14-18(5,6)7/h16H,1,4,10-14H2,2-3,5-9H3. The molecule has 0 aromatic heterocycles. The predicted molar refractivity (Wildman–Crippen MR) is 102 cm³/mol. The Morgan fingerprint density at radius 1 is 1.05 bits per heavy atom. The molecule has 116 valence electrons. The Kier molecular flexibility index (Phi) is 7.90. The maximum absolute atomic E-state index is 4.08. The summed E-state index contributed by atoms with van der Waals surface area (Å²) in [6, 6.07) is 0. The molecule has 0 aromatic carbocycles. The fourth-order valence-electron chi connectivity index (χ4n) is 2.74. The van der Waals surface area contributed by atoms with Crippen LogP contribution in [0.4, 0.5) is 0 Å². The van der Waals surface area contributed by atoms with Gasteiger partial charge in [-0.2, -0.15) is 0 Å². The molecule has 1 atom stereocenters. The van der Waals surface area contributed by atoms with E-state index in [1.165, 1.54) is 29.3 Å². The van der Waals surface area contributed by atoms with Crippen LogP contribution in [0, 0.1) is 5.92 Å². The van der Waals surface area contributed by atoms with Crippen LogP contribution in [0.5, 0.6) is 0 Å². The summed E-state index contributed by atoms with van der Waals surface area (Å²) in [4.78, 5) is 0. The fraction of sp³-hybridized carbons (Fsp3) is 0.765. The molecule has 0 radical (unpaired) electrons. The van der Waals surface area contributed by atoms with Crippen LogP contribution < -0.4 is 0 Å². The molecule has 0 aromatic rings. The smallest absolute Gasteiger partial charge is 0.00658 e. The molecule has 0 aliphatic heterocycles. The molecule has 0 spiro atoms. The van der Waals surface area contributed by atoms with Crippen LogP contribution in [0.3, 0.4) is 0 Å². The van der Waals surface area contributed by atoms with Crippen LogP contribution in [0.15, 0.2) is 24.3 Å². The lowest BCUT2D eigenvalue weighted by molar-refractivity contribution is 0.562. The lowest BCUT2D eigenvalue weighted by Gasteiger charge is -2.42. The second-order valence-corrected chi connectivity index (χ2v) is 16.5. The van der Waals surface area contributed by atoms with E-state index < -0.39 is 10.0 Å². The number of hydrogen-bond donors (Lipinski definition) is 0. The van der Waals surface area contributed by atoms with E-state index in [0.29, 0.717) is 0 Å². The van der Waals surface area contributed by atoms with E-state index in [0.717, 1.165) is 17.9 Å². The van der Waals surface area contributed by atoms with Gasteiger partial charge in [-0.25, -0.2) is 20.1 Å². The van der Waals surface area contributed by atoms with Crippen molar-refractivity contribution in [1.29, 1.82) is 0 Å². The summed E-state index contributed by atoms with van der Waals surface area (Å²) in [5.74, 6) is 2.28. The maximum atomic E-state index is 4.08. The van der Waals surface area contributed by atoms with E-state index in [-0.39, 0.29) is 10.0 Å². The van der Waals surface area contributed by atoms with E-state index in [4.69, 9.17) is 0 Å². The zero-order valence-electron chi connectivity index (χ0n) is 14.3. The molecule has 0 fully saturated rings. The lowest BCUT2D eigenvalue weighted by atomic mass is 10.0. The van der Waals surface area contributed by atoms with Gasteiger partial charge in [-0.1, -0.05) is 31.2 Å². The lowest BCUT2D eigenvalue weighted by Crippen LogP contribution is -2.16. The van der Waals surface area contributed by atoms with Gasteiger partial charge in [-0.05, 0) is 69.1 Å². The minimum Gasteiger partial charge on any atom is -0.242 e. The van der Waals surface area contributed by atoms with Crippen LogP contribution in [0.1, 0.15) is 33.1 Å². The topological polar surface area (TPSA) is 0 Å². The highest BCUT2D eigenvalue weighted by Crippen LogP contribution is 2.54. The SMILES string of the molecule is C=C(C)C(=C)CCCC(C)CS(C)(C)CS(C)(C)C. The second kappa shape index (κ2) is 7.83. The highest BCUT2D eigenvalue weighted by Gasteiger charge is 2.20. The number of allylic oxidation sites excluding steroid dienone is 2. The quantitative estimate of drug-likeness (QED) is 0.483. The van der Waals surface area contributed by atoms with Gasteiger partial charge in [0.15, 0.2) is 0 Å². The molecule has 1 unspecified atom stereocenters. The van der Waals surface area contributed by atoms with Gasteiger partial charge in [-0.3, -0.25) is 0 Å². The number of rotatable bonds is 9. The molecule has 0 amide bonds. The van der Waals surface area contributed by atoms with Crippen molar-refractivity contribution in [3.63, 3.8) is 0 Å². The van der Waals surface area contributed by atoms with E-state index in [2.05, 4.69) is 58.3 Å². The molecule has 0 saturated carbocycles. The molecule has 0 nitrogen and oxygen atoms in total. The molecule has 2 heteroatoms. The van der Waals surface area contributed by atoms with Crippen LogP contribution in [0.2, 0.25) is 0 Å². The van der Waals surface area contributed by atoms with Gasteiger partial charge in [0, 0.05) is 5.08 Å².